The van der Waals surface area contributed by atoms with Crippen LogP contribution in [0.2, 0.25) is 0 Å². The van der Waals surface area contributed by atoms with Gasteiger partial charge in [-0.2, -0.15) is 0 Å². The van der Waals surface area contributed by atoms with Gasteiger partial charge in [0.15, 0.2) is 5.11 Å². The second-order valence-corrected chi connectivity index (χ2v) is 6.99. The molecular weight excluding hydrogens is 378 g/mol. The molecule has 0 spiro atoms. The predicted molar refractivity (Wildman–Crippen MR) is 110 cm³/mol. The number of hydrogen-bond acceptors (Lipinski definition) is 4. The SMILES string of the molecule is O=C(NNC(=S)NC(=O)C(c1ccccc1)c1ccccc1)c1cccs1. The van der Waals surface area contributed by atoms with Gasteiger partial charge in [-0.1, -0.05) is 66.7 Å². The highest BCUT2D eigenvalue weighted by Gasteiger charge is 2.23. The van der Waals surface area contributed by atoms with Crippen molar-refractivity contribution < 1.29 is 9.59 Å². The molecule has 2 aromatic carbocycles. The molecule has 27 heavy (non-hydrogen) atoms. The van der Waals surface area contributed by atoms with Crippen LogP contribution in [0.1, 0.15) is 26.7 Å². The van der Waals surface area contributed by atoms with E-state index in [1.807, 2.05) is 60.7 Å². The van der Waals surface area contributed by atoms with Gasteiger partial charge in [0.2, 0.25) is 5.91 Å². The summed E-state index contributed by atoms with van der Waals surface area (Å²) >= 11 is 6.46. The van der Waals surface area contributed by atoms with Crippen molar-refractivity contribution in [3.63, 3.8) is 0 Å². The molecule has 0 bridgehead atoms. The molecule has 0 unspecified atom stereocenters. The second kappa shape index (κ2) is 9.07. The maximum atomic E-state index is 12.9. The van der Waals surface area contributed by atoms with Crippen LogP contribution in [-0.4, -0.2) is 16.9 Å². The van der Waals surface area contributed by atoms with E-state index in [4.69, 9.17) is 12.2 Å². The Morgan fingerprint density at radius 3 is 1.93 bits per heavy atom. The topological polar surface area (TPSA) is 70.2 Å². The number of thiophene rings is 1. The normalized spacial score (nSPS) is 10.3. The summed E-state index contributed by atoms with van der Waals surface area (Å²) < 4.78 is 0. The molecule has 1 heterocycles. The predicted octanol–water partition coefficient (Wildman–Crippen LogP) is 3.22. The molecule has 0 saturated carbocycles. The van der Waals surface area contributed by atoms with Gasteiger partial charge in [-0.25, -0.2) is 0 Å². The standard InChI is InChI=1S/C20H17N3O2S2/c24-18(16-12-7-13-27-16)22-23-20(26)21-19(25)17(14-8-3-1-4-9-14)15-10-5-2-6-11-15/h1-13,17H,(H,22,24)(H2,21,23,25,26). The molecule has 0 aliphatic carbocycles. The van der Waals surface area contributed by atoms with Crippen LogP contribution in [0.15, 0.2) is 78.2 Å². The quantitative estimate of drug-likeness (QED) is 0.469. The average molecular weight is 396 g/mol. The highest BCUT2D eigenvalue weighted by Crippen LogP contribution is 2.24. The summed E-state index contributed by atoms with van der Waals surface area (Å²) in [5, 5.41) is 4.48. The number of thiocarbonyl (C=S) groups is 1. The lowest BCUT2D eigenvalue weighted by Crippen LogP contribution is -2.49. The molecule has 136 valence electrons. The van der Waals surface area contributed by atoms with Crippen LogP contribution in [0.3, 0.4) is 0 Å². The first kappa shape index (κ1) is 18.8. The number of amides is 2. The minimum atomic E-state index is -0.514. The maximum Gasteiger partial charge on any atom is 0.279 e. The van der Waals surface area contributed by atoms with Gasteiger partial charge in [0.1, 0.15) is 0 Å². The summed E-state index contributed by atoms with van der Waals surface area (Å²) in [5.41, 5.74) is 6.75. The third kappa shape index (κ3) is 4.99. The summed E-state index contributed by atoms with van der Waals surface area (Å²) in [6.45, 7) is 0. The van der Waals surface area contributed by atoms with E-state index in [0.717, 1.165) is 11.1 Å². The average Bonchev–Trinajstić information content (AvgIpc) is 3.23. The van der Waals surface area contributed by atoms with Crippen molar-refractivity contribution in [2.75, 3.05) is 0 Å². The van der Waals surface area contributed by atoms with E-state index >= 15 is 0 Å². The minimum Gasteiger partial charge on any atom is -0.301 e. The van der Waals surface area contributed by atoms with E-state index in [1.54, 1.807) is 17.5 Å². The summed E-state index contributed by atoms with van der Waals surface area (Å²) in [5.74, 6) is -1.11. The van der Waals surface area contributed by atoms with Gasteiger partial charge < -0.3 is 5.32 Å². The highest BCUT2D eigenvalue weighted by atomic mass is 32.1. The van der Waals surface area contributed by atoms with Gasteiger partial charge in [0.25, 0.3) is 5.91 Å². The van der Waals surface area contributed by atoms with E-state index < -0.39 is 5.92 Å². The van der Waals surface area contributed by atoms with E-state index in [2.05, 4.69) is 16.2 Å². The molecule has 3 rings (SSSR count). The molecule has 1 aromatic heterocycles. The van der Waals surface area contributed by atoms with Gasteiger partial charge in [0, 0.05) is 0 Å². The van der Waals surface area contributed by atoms with Crippen molar-refractivity contribution in [2.24, 2.45) is 0 Å². The fraction of sp³-hybridized carbons (Fsp3) is 0.0500. The third-order valence-electron chi connectivity index (χ3n) is 3.80. The smallest absolute Gasteiger partial charge is 0.279 e. The molecule has 5 nitrogen and oxygen atoms in total. The molecule has 3 N–H and O–H groups in total. The van der Waals surface area contributed by atoms with Crippen LogP contribution in [0, 0.1) is 0 Å². The van der Waals surface area contributed by atoms with Crippen molar-refractivity contribution in [2.45, 2.75) is 5.92 Å². The molecule has 0 aliphatic rings. The van der Waals surface area contributed by atoms with Gasteiger partial charge >= 0.3 is 0 Å². The maximum absolute atomic E-state index is 12.9. The van der Waals surface area contributed by atoms with Crippen LogP contribution in [0.5, 0.6) is 0 Å². The first-order chi connectivity index (χ1) is 13.1. The van der Waals surface area contributed by atoms with Crippen LogP contribution in [-0.2, 0) is 4.79 Å². The van der Waals surface area contributed by atoms with Crippen LogP contribution in [0.25, 0.3) is 0 Å². The van der Waals surface area contributed by atoms with Crippen LogP contribution >= 0.6 is 23.6 Å². The lowest BCUT2D eigenvalue weighted by atomic mass is 9.90. The van der Waals surface area contributed by atoms with Gasteiger partial charge in [0.05, 0.1) is 10.8 Å². The Balaban J connectivity index is 1.67. The summed E-state index contributed by atoms with van der Waals surface area (Å²) in [7, 11) is 0. The van der Waals surface area contributed by atoms with E-state index in [9.17, 15) is 9.59 Å². The third-order valence-corrected chi connectivity index (χ3v) is 4.87. The lowest BCUT2D eigenvalue weighted by molar-refractivity contribution is -0.120. The molecule has 0 aliphatic heterocycles. The van der Waals surface area contributed by atoms with E-state index in [1.165, 1.54) is 11.3 Å². The number of carbonyl (C=O) groups is 2. The zero-order chi connectivity index (χ0) is 19.1. The Hall–Kier alpha value is -3.03. The Kier molecular flexibility index (Phi) is 6.30. The lowest BCUT2D eigenvalue weighted by Gasteiger charge is -2.18. The Morgan fingerprint density at radius 2 is 1.41 bits per heavy atom. The van der Waals surface area contributed by atoms with Crippen molar-refractivity contribution in [3.8, 4) is 0 Å². The number of benzene rings is 2. The number of rotatable bonds is 4. The van der Waals surface area contributed by atoms with Crippen molar-refractivity contribution >= 4 is 40.5 Å². The first-order valence-corrected chi connectivity index (χ1v) is 9.48. The number of carbonyl (C=O) groups excluding carboxylic acids is 2. The molecule has 3 aromatic rings. The van der Waals surface area contributed by atoms with Crippen LogP contribution in [0.4, 0.5) is 0 Å². The number of hydrazine groups is 1. The van der Waals surface area contributed by atoms with Crippen molar-refractivity contribution in [1.29, 1.82) is 0 Å². The fourth-order valence-corrected chi connectivity index (χ4v) is 3.35. The zero-order valence-corrected chi connectivity index (χ0v) is 15.8. The summed E-state index contributed by atoms with van der Waals surface area (Å²) in [6.07, 6.45) is 0. The van der Waals surface area contributed by atoms with E-state index in [-0.39, 0.29) is 16.9 Å². The monoisotopic (exact) mass is 395 g/mol. The zero-order valence-electron chi connectivity index (χ0n) is 14.2. The number of nitrogens with one attached hydrogen (secondary N) is 3. The molecular formula is C20H17N3O2S2. The molecule has 7 heteroatoms. The Bertz CT molecular complexity index is 873. The Labute approximate surface area is 166 Å². The van der Waals surface area contributed by atoms with Crippen LogP contribution < -0.4 is 16.2 Å². The molecule has 0 atom stereocenters. The molecule has 0 radical (unpaired) electrons. The summed E-state index contributed by atoms with van der Waals surface area (Å²) in [4.78, 5) is 25.4. The van der Waals surface area contributed by atoms with Crippen molar-refractivity contribution in [1.82, 2.24) is 16.2 Å². The van der Waals surface area contributed by atoms with Crippen molar-refractivity contribution in [3.05, 3.63) is 94.2 Å². The first-order valence-electron chi connectivity index (χ1n) is 8.19. The molecule has 2 amide bonds. The minimum absolute atomic E-state index is 0.0294. The molecule has 0 saturated heterocycles. The fourth-order valence-electron chi connectivity index (χ4n) is 2.58. The highest BCUT2D eigenvalue weighted by molar-refractivity contribution is 7.80. The van der Waals surface area contributed by atoms with E-state index in [0.29, 0.717) is 4.88 Å². The van der Waals surface area contributed by atoms with Gasteiger partial charge in [-0.3, -0.25) is 20.4 Å². The van der Waals surface area contributed by atoms with Gasteiger partial charge in [-0.15, -0.1) is 11.3 Å². The van der Waals surface area contributed by atoms with Gasteiger partial charge in [-0.05, 0) is 34.8 Å². The Morgan fingerprint density at radius 1 is 0.815 bits per heavy atom. The largest absolute Gasteiger partial charge is 0.301 e. The number of hydrogen-bond donors (Lipinski definition) is 3. The molecule has 0 fully saturated rings. The summed E-state index contributed by atoms with van der Waals surface area (Å²) in [6, 6.07) is 22.4. The second-order valence-electron chi connectivity index (χ2n) is 5.63.